The summed E-state index contributed by atoms with van der Waals surface area (Å²) in [7, 11) is 2.21. The Morgan fingerprint density at radius 1 is 1.43 bits per heavy atom. The molecule has 0 saturated carbocycles. The molecule has 114 valence electrons. The zero-order valence-electron chi connectivity index (χ0n) is 12.5. The lowest BCUT2D eigenvalue weighted by atomic mass is 9.98. The number of imidazole rings is 1. The minimum atomic E-state index is 0.522. The molecule has 3 nitrogen and oxygen atoms in total. The smallest absolute Gasteiger partial charge is 0.111 e. The SMILES string of the molecule is CC1CC(n2c(CCCl)nc3ccc(Br)cc32)CCN1C. The maximum Gasteiger partial charge on any atom is 0.111 e. The van der Waals surface area contributed by atoms with Crippen LogP contribution >= 0.6 is 27.5 Å². The molecule has 3 rings (SSSR count). The van der Waals surface area contributed by atoms with Gasteiger partial charge in [0.1, 0.15) is 5.82 Å². The van der Waals surface area contributed by atoms with Crippen molar-refractivity contribution in [3.8, 4) is 0 Å². The van der Waals surface area contributed by atoms with Gasteiger partial charge >= 0.3 is 0 Å². The molecule has 0 aliphatic carbocycles. The van der Waals surface area contributed by atoms with Crippen LogP contribution in [-0.4, -0.2) is 40.0 Å². The molecule has 1 aliphatic rings. The summed E-state index contributed by atoms with van der Waals surface area (Å²) in [5.74, 6) is 1.74. The van der Waals surface area contributed by atoms with Crippen molar-refractivity contribution in [1.29, 1.82) is 0 Å². The van der Waals surface area contributed by atoms with E-state index in [0.29, 0.717) is 18.0 Å². The van der Waals surface area contributed by atoms with Gasteiger partial charge in [-0.2, -0.15) is 0 Å². The summed E-state index contributed by atoms with van der Waals surface area (Å²) in [4.78, 5) is 7.24. The Morgan fingerprint density at radius 3 is 2.95 bits per heavy atom. The second-order valence-electron chi connectivity index (χ2n) is 5.98. The summed E-state index contributed by atoms with van der Waals surface area (Å²) in [6.45, 7) is 3.45. The van der Waals surface area contributed by atoms with Crippen LogP contribution in [0.15, 0.2) is 22.7 Å². The summed E-state index contributed by atoms with van der Waals surface area (Å²) in [6, 6.07) is 7.46. The van der Waals surface area contributed by atoms with Crippen molar-refractivity contribution in [2.24, 2.45) is 0 Å². The molecule has 1 aromatic carbocycles. The van der Waals surface area contributed by atoms with Crippen molar-refractivity contribution in [3.63, 3.8) is 0 Å². The van der Waals surface area contributed by atoms with Crippen molar-refractivity contribution in [1.82, 2.24) is 14.5 Å². The van der Waals surface area contributed by atoms with Gasteiger partial charge in [0, 0.05) is 35.4 Å². The van der Waals surface area contributed by atoms with Gasteiger partial charge in [0.25, 0.3) is 0 Å². The highest BCUT2D eigenvalue weighted by atomic mass is 79.9. The normalized spacial score (nSPS) is 23.8. The summed E-state index contributed by atoms with van der Waals surface area (Å²) < 4.78 is 3.54. The molecule has 1 aliphatic heterocycles. The van der Waals surface area contributed by atoms with E-state index in [2.05, 4.69) is 57.6 Å². The number of hydrogen-bond acceptors (Lipinski definition) is 2. The van der Waals surface area contributed by atoms with E-state index in [4.69, 9.17) is 16.6 Å². The number of piperidine rings is 1. The van der Waals surface area contributed by atoms with E-state index < -0.39 is 0 Å². The monoisotopic (exact) mass is 369 g/mol. The van der Waals surface area contributed by atoms with Gasteiger partial charge in [0.05, 0.1) is 11.0 Å². The molecule has 5 heteroatoms. The minimum Gasteiger partial charge on any atom is -0.325 e. The third kappa shape index (κ3) is 2.99. The van der Waals surface area contributed by atoms with Gasteiger partial charge in [0.2, 0.25) is 0 Å². The van der Waals surface area contributed by atoms with Crippen LogP contribution in [-0.2, 0) is 6.42 Å². The van der Waals surface area contributed by atoms with E-state index >= 15 is 0 Å². The predicted octanol–water partition coefficient (Wildman–Crippen LogP) is 4.24. The van der Waals surface area contributed by atoms with Gasteiger partial charge in [-0.1, -0.05) is 15.9 Å². The molecule has 2 aromatic rings. The molecular weight excluding hydrogens is 350 g/mol. The lowest BCUT2D eigenvalue weighted by Gasteiger charge is -2.36. The molecule has 0 amide bonds. The molecule has 2 atom stereocenters. The highest BCUT2D eigenvalue weighted by Gasteiger charge is 2.27. The lowest BCUT2D eigenvalue weighted by Crippen LogP contribution is -2.38. The van der Waals surface area contributed by atoms with E-state index in [0.717, 1.165) is 28.8 Å². The fraction of sp³-hybridized carbons (Fsp3) is 0.562. The Kier molecular flexibility index (Phi) is 4.57. The van der Waals surface area contributed by atoms with Crippen molar-refractivity contribution in [3.05, 3.63) is 28.5 Å². The zero-order valence-corrected chi connectivity index (χ0v) is 14.9. The topological polar surface area (TPSA) is 21.1 Å². The average Bonchev–Trinajstić information content (AvgIpc) is 2.80. The number of alkyl halides is 1. The molecule has 0 radical (unpaired) electrons. The molecule has 1 saturated heterocycles. The van der Waals surface area contributed by atoms with E-state index in [9.17, 15) is 0 Å². The summed E-state index contributed by atoms with van der Waals surface area (Å²) >= 11 is 9.57. The van der Waals surface area contributed by atoms with Crippen molar-refractivity contribution < 1.29 is 0 Å². The zero-order chi connectivity index (χ0) is 15.0. The second-order valence-corrected chi connectivity index (χ2v) is 7.27. The first-order valence-electron chi connectivity index (χ1n) is 7.52. The van der Waals surface area contributed by atoms with Crippen LogP contribution < -0.4 is 0 Å². The van der Waals surface area contributed by atoms with Gasteiger partial charge in [-0.3, -0.25) is 0 Å². The fourth-order valence-electron chi connectivity index (χ4n) is 3.28. The molecule has 1 fully saturated rings. The van der Waals surface area contributed by atoms with Crippen LogP contribution in [0.25, 0.3) is 11.0 Å². The standard InChI is InChI=1S/C16H21BrClN3/c1-11-9-13(6-8-20(11)2)21-15-10-12(17)3-4-14(15)19-16(21)5-7-18/h3-4,10-11,13H,5-9H2,1-2H3. The third-order valence-corrected chi connectivity index (χ3v) is 5.27. The Hall–Kier alpha value is -0.580. The first-order chi connectivity index (χ1) is 10.1. The molecule has 2 unspecified atom stereocenters. The molecule has 0 N–H and O–H groups in total. The number of halogens is 2. The predicted molar refractivity (Wildman–Crippen MR) is 92.2 cm³/mol. The van der Waals surface area contributed by atoms with Crippen LogP contribution in [0, 0.1) is 0 Å². The van der Waals surface area contributed by atoms with Crippen LogP contribution in [0.5, 0.6) is 0 Å². The highest BCUT2D eigenvalue weighted by Crippen LogP contribution is 2.32. The third-order valence-electron chi connectivity index (χ3n) is 4.59. The Bertz CT molecular complexity index is 640. The number of fused-ring (bicyclic) bond motifs is 1. The molecule has 1 aromatic heterocycles. The van der Waals surface area contributed by atoms with Crippen molar-refractivity contribution in [2.45, 2.75) is 38.3 Å². The number of nitrogens with zero attached hydrogens (tertiary/aromatic N) is 3. The number of aryl methyl sites for hydroxylation is 1. The van der Waals surface area contributed by atoms with E-state index in [-0.39, 0.29) is 0 Å². The van der Waals surface area contributed by atoms with Crippen LogP contribution in [0.4, 0.5) is 0 Å². The molecule has 2 heterocycles. The van der Waals surface area contributed by atoms with Gasteiger partial charge in [-0.15, -0.1) is 11.6 Å². The maximum atomic E-state index is 5.99. The van der Waals surface area contributed by atoms with Crippen LogP contribution in [0.1, 0.15) is 31.6 Å². The fourth-order valence-corrected chi connectivity index (χ4v) is 3.80. The number of likely N-dealkylation sites (tertiary alicyclic amines) is 1. The highest BCUT2D eigenvalue weighted by molar-refractivity contribution is 9.10. The number of hydrogen-bond donors (Lipinski definition) is 0. The Morgan fingerprint density at radius 2 is 2.24 bits per heavy atom. The van der Waals surface area contributed by atoms with E-state index in [1.807, 2.05) is 0 Å². The van der Waals surface area contributed by atoms with Gasteiger partial charge in [-0.05, 0) is 45.0 Å². The number of benzene rings is 1. The summed E-state index contributed by atoms with van der Waals surface area (Å²) in [5.41, 5.74) is 2.30. The summed E-state index contributed by atoms with van der Waals surface area (Å²) in [6.07, 6.45) is 3.17. The van der Waals surface area contributed by atoms with Crippen LogP contribution in [0.2, 0.25) is 0 Å². The Labute approximate surface area is 139 Å². The molecule has 0 bridgehead atoms. The molecular formula is C16H21BrClN3. The van der Waals surface area contributed by atoms with Gasteiger partial charge in [0.15, 0.2) is 0 Å². The lowest BCUT2D eigenvalue weighted by molar-refractivity contribution is 0.157. The minimum absolute atomic E-state index is 0.522. The first kappa shape index (κ1) is 15.3. The maximum absolute atomic E-state index is 5.99. The van der Waals surface area contributed by atoms with E-state index in [1.54, 1.807) is 0 Å². The molecule has 0 spiro atoms. The van der Waals surface area contributed by atoms with E-state index in [1.165, 1.54) is 18.4 Å². The van der Waals surface area contributed by atoms with Gasteiger partial charge < -0.3 is 9.47 Å². The molecule has 21 heavy (non-hydrogen) atoms. The first-order valence-corrected chi connectivity index (χ1v) is 8.85. The second kappa shape index (κ2) is 6.27. The number of aromatic nitrogens is 2. The van der Waals surface area contributed by atoms with Gasteiger partial charge in [-0.25, -0.2) is 4.98 Å². The quantitative estimate of drug-likeness (QED) is 0.754. The number of rotatable bonds is 3. The Balaban J connectivity index is 2.06. The van der Waals surface area contributed by atoms with Crippen molar-refractivity contribution >= 4 is 38.6 Å². The summed E-state index contributed by atoms with van der Waals surface area (Å²) in [5, 5.41) is 0. The largest absolute Gasteiger partial charge is 0.325 e. The van der Waals surface area contributed by atoms with Crippen LogP contribution in [0.3, 0.4) is 0 Å². The average molecular weight is 371 g/mol. The van der Waals surface area contributed by atoms with Crippen molar-refractivity contribution in [2.75, 3.05) is 19.5 Å².